The number of carbonyl (C=O) groups excluding carboxylic acids is 2. The van der Waals surface area contributed by atoms with E-state index in [1.807, 2.05) is 7.05 Å². The van der Waals surface area contributed by atoms with Gasteiger partial charge >= 0.3 is 0 Å². The summed E-state index contributed by atoms with van der Waals surface area (Å²) in [6.45, 7) is 5.34. The number of hydrogen-bond acceptors (Lipinski definition) is 3. The lowest BCUT2D eigenvalue weighted by molar-refractivity contribution is -0.137. The highest BCUT2D eigenvalue weighted by Crippen LogP contribution is 2.03. The molecule has 78 valence electrons. The highest BCUT2D eigenvalue weighted by molar-refractivity contribution is 6.12. The first-order chi connectivity index (χ1) is 6.52. The van der Waals surface area contributed by atoms with Crippen molar-refractivity contribution in [3.05, 3.63) is 12.2 Å². The van der Waals surface area contributed by atoms with Crippen molar-refractivity contribution >= 4 is 11.8 Å². The van der Waals surface area contributed by atoms with E-state index < -0.39 is 0 Å². The van der Waals surface area contributed by atoms with E-state index in [0.717, 1.165) is 6.54 Å². The Morgan fingerprint density at radius 3 is 2.21 bits per heavy atom. The van der Waals surface area contributed by atoms with Crippen LogP contribution in [0.1, 0.15) is 13.8 Å². The summed E-state index contributed by atoms with van der Waals surface area (Å²) in [6, 6.07) is 0.427. The number of rotatable bonds is 4. The molecule has 0 bridgehead atoms. The normalized spacial score (nSPS) is 16.5. The molecule has 0 atom stereocenters. The van der Waals surface area contributed by atoms with Crippen LogP contribution in [0, 0.1) is 0 Å². The molecule has 0 saturated carbocycles. The van der Waals surface area contributed by atoms with Crippen LogP contribution in [0.15, 0.2) is 12.2 Å². The molecule has 1 aliphatic heterocycles. The van der Waals surface area contributed by atoms with Gasteiger partial charge in [0.1, 0.15) is 0 Å². The summed E-state index contributed by atoms with van der Waals surface area (Å²) in [5, 5.41) is 0. The zero-order valence-electron chi connectivity index (χ0n) is 8.86. The van der Waals surface area contributed by atoms with Gasteiger partial charge in [-0.3, -0.25) is 14.5 Å². The molecular formula is C10H16N2O2. The first-order valence-corrected chi connectivity index (χ1v) is 4.76. The Morgan fingerprint density at radius 1 is 1.29 bits per heavy atom. The van der Waals surface area contributed by atoms with Gasteiger partial charge in [-0.2, -0.15) is 0 Å². The quantitative estimate of drug-likeness (QED) is 0.605. The molecule has 0 aliphatic carbocycles. The van der Waals surface area contributed by atoms with E-state index in [0.29, 0.717) is 12.6 Å². The van der Waals surface area contributed by atoms with Crippen molar-refractivity contribution < 1.29 is 9.59 Å². The van der Waals surface area contributed by atoms with Crippen molar-refractivity contribution in [1.82, 2.24) is 9.80 Å². The van der Waals surface area contributed by atoms with Crippen LogP contribution in [-0.2, 0) is 9.59 Å². The first-order valence-electron chi connectivity index (χ1n) is 4.76. The van der Waals surface area contributed by atoms with Gasteiger partial charge in [0.05, 0.1) is 0 Å². The molecule has 4 nitrogen and oxygen atoms in total. The van der Waals surface area contributed by atoms with Crippen molar-refractivity contribution in [3.63, 3.8) is 0 Å². The summed E-state index contributed by atoms with van der Waals surface area (Å²) in [4.78, 5) is 25.7. The molecule has 1 rings (SSSR count). The van der Waals surface area contributed by atoms with Gasteiger partial charge in [-0.15, -0.1) is 0 Å². The van der Waals surface area contributed by atoms with E-state index >= 15 is 0 Å². The fourth-order valence-electron chi connectivity index (χ4n) is 1.17. The Kier molecular flexibility index (Phi) is 3.41. The van der Waals surface area contributed by atoms with Crippen molar-refractivity contribution in [2.75, 3.05) is 20.1 Å². The average molecular weight is 196 g/mol. The van der Waals surface area contributed by atoms with Gasteiger partial charge in [0, 0.05) is 31.3 Å². The maximum absolute atomic E-state index is 11.2. The summed E-state index contributed by atoms with van der Waals surface area (Å²) in [7, 11) is 1.98. The maximum Gasteiger partial charge on any atom is 0.253 e. The Morgan fingerprint density at radius 2 is 1.79 bits per heavy atom. The van der Waals surface area contributed by atoms with Crippen LogP contribution in [-0.4, -0.2) is 47.8 Å². The van der Waals surface area contributed by atoms with Gasteiger partial charge in [-0.05, 0) is 20.9 Å². The molecular weight excluding hydrogens is 180 g/mol. The third-order valence-electron chi connectivity index (χ3n) is 2.46. The number of carbonyl (C=O) groups is 2. The predicted molar refractivity (Wildman–Crippen MR) is 53.6 cm³/mol. The van der Waals surface area contributed by atoms with Crippen molar-refractivity contribution in [2.45, 2.75) is 19.9 Å². The van der Waals surface area contributed by atoms with Crippen molar-refractivity contribution in [1.29, 1.82) is 0 Å². The first kappa shape index (κ1) is 10.9. The fraction of sp³-hybridized carbons (Fsp3) is 0.600. The number of nitrogens with zero attached hydrogens (tertiary/aromatic N) is 2. The second-order valence-electron chi connectivity index (χ2n) is 3.74. The van der Waals surface area contributed by atoms with Gasteiger partial charge in [0.15, 0.2) is 0 Å². The Bertz CT molecular complexity index is 253. The van der Waals surface area contributed by atoms with Crippen LogP contribution >= 0.6 is 0 Å². The minimum absolute atomic E-state index is 0.202. The summed E-state index contributed by atoms with van der Waals surface area (Å²) in [5.41, 5.74) is 0. The van der Waals surface area contributed by atoms with Crippen LogP contribution in [0.3, 0.4) is 0 Å². The van der Waals surface area contributed by atoms with E-state index in [4.69, 9.17) is 0 Å². The lowest BCUT2D eigenvalue weighted by Gasteiger charge is -2.23. The molecule has 1 heterocycles. The third-order valence-corrected chi connectivity index (χ3v) is 2.46. The summed E-state index contributed by atoms with van der Waals surface area (Å²) in [6.07, 6.45) is 2.63. The molecule has 0 N–H and O–H groups in total. The molecule has 0 aromatic carbocycles. The largest absolute Gasteiger partial charge is 0.302 e. The lowest BCUT2D eigenvalue weighted by Crippen LogP contribution is -2.39. The van der Waals surface area contributed by atoms with Gasteiger partial charge in [-0.1, -0.05) is 0 Å². The monoisotopic (exact) mass is 196 g/mol. The van der Waals surface area contributed by atoms with Crippen LogP contribution in [0.25, 0.3) is 0 Å². The van der Waals surface area contributed by atoms with Gasteiger partial charge in [0.2, 0.25) is 0 Å². The topological polar surface area (TPSA) is 40.6 Å². The van der Waals surface area contributed by atoms with Gasteiger partial charge in [-0.25, -0.2) is 0 Å². The minimum atomic E-state index is -0.202. The number of hydrogen-bond donors (Lipinski definition) is 0. The molecule has 0 saturated heterocycles. The number of imide groups is 1. The molecule has 4 heteroatoms. The van der Waals surface area contributed by atoms with Crippen molar-refractivity contribution in [2.24, 2.45) is 0 Å². The fourth-order valence-corrected chi connectivity index (χ4v) is 1.17. The van der Waals surface area contributed by atoms with E-state index in [1.54, 1.807) is 0 Å². The third kappa shape index (κ3) is 2.42. The van der Waals surface area contributed by atoms with Gasteiger partial charge < -0.3 is 4.90 Å². The minimum Gasteiger partial charge on any atom is -0.302 e. The Labute approximate surface area is 84.2 Å². The predicted octanol–water partition coefficient (Wildman–Crippen LogP) is 0.252. The molecule has 0 aromatic rings. The molecule has 0 fully saturated rings. The second-order valence-corrected chi connectivity index (χ2v) is 3.74. The molecule has 0 spiro atoms. The van der Waals surface area contributed by atoms with Crippen LogP contribution in [0.4, 0.5) is 0 Å². The molecule has 1 aliphatic rings. The lowest BCUT2D eigenvalue weighted by atomic mass is 10.3. The highest BCUT2D eigenvalue weighted by atomic mass is 16.2. The Balaban J connectivity index is 2.39. The van der Waals surface area contributed by atoms with E-state index in [1.165, 1.54) is 17.1 Å². The van der Waals surface area contributed by atoms with Crippen LogP contribution in [0.2, 0.25) is 0 Å². The summed E-state index contributed by atoms with van der Waals surface area (Å²) >= 11 is 0. The molecule has 0 unspecified atom stereocenters. The highest BCUT2D eigenvalue weighted by Gasteiger charge is 2.23. The summed E-state index contributed by atoms with van der Waals surface area (Å²) < 4.78 is 0. The zero-order chi connectivity index (χ0) is 10.7. The maximum atomic E-state index is 11.2. The average Bonchev–Trinajstić information content (AvgIpc) is 2.43. The van der Waals surface area contributed by atoms with E-state index in [2.05, 4.69) is 18.7 Å². The van der Waals surface area contributed by atoms with Crippen LogP contribution < -0.4 is 0 Å². The zero-order valence-corrected chi connectivity index (χ0v) is 8.86. The Hall–Kier alpha value is -1.16. The molecule has 14 heavy (non-hydrogen) atoms. The number of likely N-dealkylation sites (N-methyl/N-ethyl adjacent to an activating group) is 1. The number of amides is 2. The van der Waals surface area contributed by atoms with Gasteiger partial charge in [0.25, 0.3) is 11.8 Å². The molecule has 2 amide bonds. The van der Waals surface area contributed by atoms with E-state index in [-0.39, 0.29) is 11.8 Å². The molecule has 0 radical (unpaired) electrons. The molecule has 0 aromatic heterocycles. The summed E-state index contributed by atoms with van der Waals surface area (Å²) in [5.74, 6) is -0.403. The second kappa shape index (κ2) is 4.37. The van der Waals surface area contributed by atoms with Crippen molar-refractivity contribution in [3.8, 4) is 0 Å². The SMILES string of the molecule is CC(C)N(C)CCN1C(=O)C=CC1=O. The standard InChI is InChI=1S/C10H16N2O2/c1-8(2)11(3)6-7-12-9(13)4-5-10(12)14/h4-5,8H,6-7H2,1-3H3. The van der Waals surface area contributed by atoms with E-state index in [9.17, 15) is 9.59 Å². The van der Waals surface area contributed by atoms with Crippen LogP contribution in [0.5, 0.6) is 0 Å². The smallest absolute Gasteiger partial charge is 0.253 e.